The predicted octanol–water partition coefficient (Wildman–Crippen LogP) is 2.58. The van der Waals surface area contributed by atoms with Gasteiger partial charge in [0, 0.05) is 19.2 Å². The van der Waals surface area contributed by atoms with Crippen molar-refractivity contribution < 1.29 is 5.11 Å². The van der Waals surface area contributed by atoms with Crippen molar-refractivity contribution in [3.63, 3.8) is 0 Å². The van der Waals surface area contributed by atoms with E-state index in [0.717, 1.165) is 42.8 Å². The second-order valence-electron chi connectivity index (χ2n) is 7.81. The fourth-order valence-electron chi connectivity index (χ4n) is 4.82. The van der Waals surface area contributed by atoms with Crippen LogP contribution in [0.4, 0.5) is 11.6 Å². The van der Waals surface area contributed by atoms with E-state index in [1.807, 2.05) is 36.8 Å². The quantitative estimate of drug-likeness (QED) is 0.519. The van der Waals surface area contributed by atoms with Crippen molar-refractivity contribution in [2.45, 2.75) is 30.1 Å². The van der Waals surface area contributed by atoms with Gasteiger partial charge in [-0.3, -0.25) is 0 Å². The summed E-state index contributed by atoms with van der Waals surface area (Å²) in [5.41, 5.74) is 8.04. The molecule has 1 aliphatic heterocycles. The molecule has 3 N–H and O–H groups in total. The SMILES string of the molecule is CSc1nc(N)cc(N2C[C@H]3C[C@@H](n4cnc5ccccc54)[C@H](O)C[C@H]3C2)n1. The zero-order chi connectivity index (χ0) is 19.3. The van der Waals surface area contributed by atoms with E-state index in [-0.39, 0.29) is 12.1 Å². The minimum Gasteiger partial charge on any atom is -0.391 e. The van der Waals surface area contributed by atoms with Crippen molar-refractivity contribution in [1.29, 1.82) is 0 Å². The molecule has 5 rings (SSSR count). The lowest BCUT2D eigenvalue weighted by molar-refractivity contribution is 0.0375. The number of para-hydroxylation sites is 2. The minimum atomic E-state index is -0.365. The van der Waals surface area contributed by atoms with E-state index in [4.69, 9.17) is 5.73 Å². The number of thioether (sulfide) groups is 1. The van der Waals surface area contributed by atoms with Crippen LogP contribution in [0.2, 0.25) is 0 Å². The molecule has 0 amide bonds. The fourth-order valence-corrected chi connectivity index (χ4v) is 5.20. The Hall–Kier alpha value is -2.32. The van der Waals surface area contributed by atoms with Crippen molar-refractivity contribution >= 4 is 34.4 Å². The first-order valence-electron chi connectivity index (χ1n) is 9.65. The number of aromatic nitrogens is 4. The summed E-state index contributed by atoms with van der Waals surface area (Å²) in [6.07, 6.45) is 5.21. The van der Waals surface area contributed by atoms with Crippen molar-refractivity contribution in [1.82, 2.24) is 19.5 Å². The van der Waals surface area contributed by atoms with Crippen LogP contribution in [0.5, 0.6) is 0 Å². The Bertz CT molecular complexity index is 1010. The van der Waals surface area contributed by atoms with Crippen molar-refractivity contribution in [2.75, 3.05) is 30.0 Å². The maximum atomic E-state index is 10.9. The Morgan fingerprint density at radius 2 is 1.93 bits per heavy atom. The molecule has 28 heavy (non-hydrogen) atoms. The number of hydrogen-bond donors (Lipinski definition) is 2. The molecule has 1 saturated heterocycles. The lowest BCUT2D eigenvalue weighted by Crippen LogP contribution is -2.36. The molecule has 7 nitrogen and oxygen atoms in total. The first kappa shape index (κ1) is 17.8. The molecule has 0 spiro atoms. The fraction of sp³-hybridized carbons (Fsp3) is 0.450. The molecule has 1 aromatic carbocycles. The lowest BCUT2D eigenvalue weighted by atomic mass is 9.77. The lowest BCUT2D eigenvalue weighted by Gasteiger charge is -2.36. The molecule has 1 aliphatic carbocycles. The molecule has 2 aliphatic rings. The summed E-state index contributed by atoms with van der Waals surface area (Å²) in [6, 6.07) is 10.0. The molecular weight excluding hydrogens is 372 g/mol. The van der Waals surface area contributed by atoms with E-state index in [2.05, 4.69) is 30.5 Å². The highest BCUT2D eigenvalue weighted by atomic mass is 32.2. The van der Waals surface area contributed by atoms with Crippen LogP contribution in [0, 0.1) is 11.8 Å². The van der Waals surface area contributed by atoms with Crippen LogP contribution in [-0.4, -0.2) is 50.1 Å². The third kappa shape index (κ3) is 3.00. The van der Waals surface area contributed by atoms with Gasteiger partial charge in [-0.05, 0) is 43.1 Å². The monoisotopic (exact) mass is 396 g/mol. The van der Waals surface area contributed by atoms with Gasteiger partial charge in [0.05, 0.1) is 29.5 Å². The molecule has 1 saturated carbocycles. The predicted molar refractivity (Wildman–Crippen MR) is 111 cm³/mol. The van der Waals surface area contributed by atoms with Gasteiger partial charge in [0.15, 0.2) is 5.16 Å². The largest absolute Gasteiger partial charge is 0.391 e. The van der Waals surface area contributed by atoms with Crippen LogP contribution in [0.25, 0.3) is 11.0 Å². The first-order chi connectivity index (χ1) is 13.6. The van der Waals surface area contributed by atoms with Crippen LogP contribution < -0.4 is 10.6 Å². The highest BCUT2D eigenvalue weighted by Gasteiger charge is 2.43. The Labute approximate surface area is 168 Å². The molecule has 146 valence electrons. The Balaban J connectivity index is 1.39. The van der Waals surface area contributed by atoms with Crippen molar-refractivity contribution in [3.05, 3.63) is 36.7 Å². The number of nitrogen functional groups attached to an aromatic ring is 1. The number of hydrogen-bond acceptors (Lipinski definition) is 7. The maximum Gasteiger partial charge on any atom is 0.191 e. The zero-order valence-corrected chi connectivity index (χ0v) is 16.6. The smallest absolute Gasteiger partial charge is 0.191 e. The molecule has 8 heteroatoms. The standard InChI is InChI=1S/C20H24N6OS/c1-28-20-23-18(21)8-19(24-20)25-9-12-6-16(17(27)7-13(12)10-25)26-11-22-14-4-2-3-5-15(14)26/h2-5,8,11-13,16-17,27H,6-7,9-10H2,1H3,(H2,21,23,24)/t12-,13+,16-,17-/m1/s1. The van der Waals surface area contributed by atoms with Gasteiger partial charge in [-0.15, -0.1) is 0 Å². The molecule has 2 aromatic heterocycles. The minimum absolute atomic E-state index is 0.0610. The number of aliphatic hydroxyl groups excluding tert-OH is 1. The van der Waals surface area contributed by atoms with Gasteiger partial charge in [-0.2, -0.15) is 0 Å². The summed E-state index contributed by atoms with van der Waals surface area (Å²) in [4.78, 5) is 15.7. The van der Waals surface area contributed by atoms with Crippen LogP contribution in [0.1, 0.15) is 18.9 Å². The van der Waals surface area contributed by atoms with Gasteiger partial charge < -0.3 is 20.3 Å². The van der Waals surface area contributed by atoms with Gasteiger partial charge in [-0.1, -0.05) is 23.9 Å². The molecular formula is C20H24N6OS. The topological polar surface area (TPSA) is 93.1 Å². The van der Waals surface area contributed by atoms with Crippen molar-refractivity contribution in [2.24, 2.45) is 11.8 Å². The summed E-state index contributed by atoms with van der Waals surface area (Å²) in [7, 11) is 0. The van der Waals surface area contributed by atoms with Crippen molar-refractivity contribution in [3.8, 4) is 0 Å². The van der Waals surface area contributed by atoms with Gasteiger partial charge in [0.2, 0.25) is 0 Å². The number of imidazole rings is 1. The third-order valence-corrected chi connectivity index (χ3v) is 6.71. The normalized spacial score (nSPS) is 27.3. The Morgan fingerprint density at radius 1 is 1.14 bits per heavy atom. The number of rotatable bonds is 3. The van der Waals surface area contributed by atoms with Crippen LogP contribution in [-0.2, 0) is 0 Å². The molecule has 0 unspecified atom stereocenters. The second-order valence-corrected chi connectivity index (χ2v) is 8.58. The molecule has 3 aromatic rings. The molecule has 0 radical (unpaired) electrons. The number of aliphatic hydroxyl groups is 1. The highest BCUT2D eigenvalue weighted by Crippen LogP contribution is 2.43. The summed E-state index contributed by atoms with van der Waals surface area (Å²) in [5, 5.41) is 11.6. The van der Waals surface area contributed by atoms with E-state index < -0.39 is 0 Å². The van der Waals surface area contributed by atoms with Gasteiger partial charge in [0.1, 0.15) is 11.6 Å². The molecule has 3 heterocycles. The summed E-state index contributed by atoms with van der Waals surface area (Å²) in [6.45, 7) is 1.84. The van der Waals surface area contributed by atoms with E-state index in [0.29, 0.717) is 22.8 Å². The molecule has 2 fully saturated rings. The van der Waals surface area contributed by atoms with Crippen LogP contribution in [0.3, 0.4) is 0 Å². The zero-order valence-electron chi connectivity index (χ0n) is 15.8. The summed E-state index contributed by atoms with van der Waals surface area (Å²) >= 11 is 1.50. The van der Waals surface area contributed by atoms with Crippen LogP contribution in [0.15, 0.2) is 41.8 Å². The third-order valence-electron chi connectivity index (χ3n) is 6.17. The average Bonchev–Trinajstić information content (AvgIpc) is 3.30. The van der Waals surface area contributed by atoms with Gasteiger partial charge >= 0.3 is 0 Å². The number of benzene rings is 1. The first-order valence-corrected chi connectivity index (χ1v) is 10.9. The van der Waals surface area contributed by atoms with E-state index in [9.17, 15) is 5.11 Å². The highest BCUT2D eigenvalue weighted by molar-refractivity contribution is 7.98. The number of anilines is 2. The van der Waals surface area contributed by atoms with E-state index >= 15 is 0 Å². The molecule has 4 atom stereocenters. The number of fused-ring (bicyclic) bond motifs is 2. The van der Waals surface area contributed by atoms with Crippen LogP contribution >= 0.6 is 11.8 Å². The van der Waals surface area contributed by atoms with Gasteiger partial charge in [0.25, 0.3) is 0 Å². The number of nitrogens with two attached hydrogens (primary N) is 1. The Kier molecular flexibility index (Phi) is 4.40. The van der Waals surface area contributed by atoms with Gasteiger partial charge in [-0.25, -0.2) is 15.0 Å². The Morgan fingerprint density at radius 3 is 2.75 bits per heavy atom. The summed E-state index contributed by atoms with van der Waals surface area (Å²) < 4.78 is 2.16. The average molecular weight is 397 g/mol. The summed E-state index contributed by atoms with van der Waals surface area (Å²) in [5.74, 6) is 2.39. The number of nitrogens with zero attached hydrogens (tertiary/aromatic N) is 5. The molecule has 0 bridgehead atoms. The maximum absolute atomic E-state index is 10.9. The second kappa shape index (κ2) is 6.93. The van der Waals surface area contributed by atoms with E-state index in [1.54, 1.807) is 0 Å². The van der Waals surface area contributed by atoms with E-state index in [1.165, 1.54) is 11.8 Å².